The lowest BCUT2D eigenvalue weighted by molar-refractivity contribution is -0.137. The number of piperidine rings is 2. The van der Waals surface area contributed by atoms with Gasteiger partial charge in [-0.3, -0.25) is 4.79 Å². The van der Waals surface area contributed by atoms with Crippen molar-refractivity contribution in [3.05, 3.63) is 29.8 Å². The summed E-state index contributed by atoms with van der Waals surface area (Å²) in [5.41, 5.74) is -1.04. The molecule has 1 aromatic rings. The Balaban J connectivity index is 1.59. The highest BCUT2D eigenvalue weighted by atomic mass is 32.2. The minimum atomic E-state index is -4.65. The molecule has 1 atom stereocenters. The summed E-state index contributed by atoms with van der Waals surface area (Å²) in [5, 5.41) is 2.86. The number of sulfonamides is 2. The number of hydrogen-bond donors (Lipinski definition) is 1. The number of hydrogen-bond acceptors (Lipinski definition) is 5. The third-order valence-electron chi connectivity index (χ3n) is 5.82. The molecule has 2 aliphatic heterocycles. The highest BCUT2D eigenvalue weighted by Crippen LogP contribution is 2.32. The van der Waals surface area contributed by atoms with Crippen molar-refractivity contribution in [2.45, 2.75) is 42.8 Å². The molecule has 3 rings (SSSR count). The molecule has 0 saturated carbocycles. The van der Waals surface area contributed by atoms with E-state index in [9.17, 15) is 34.8 Å². The van der Waals surface area contributed by atoms with E-state index in [1.165, 1.54) is 4.31 Å². The summed E-state index contributed by atoms with van der Waals surface area (Å²) in [4.78, 5) is 12.2. The number of rotatable bonds is 5. The lowest BCUT2D eigenvalue weighted by Gasteiger charge is -2.34. The van der Waals surface area contributed by atoms with Crippen molar-refractivity contribution in [2.75, 3.05) is 32.4 Å². The van der Waals surface area contributed by atoms with Crippen LogP contribution in [-0.4, -0.2) is 69.8 Å². The van der Waals surface area contributed by atoms with Crippen LogP contribution in [0.4, 0.5) is 13.2 Å². The molecule has 2 heterocycles. The van der Waals surface area contributed by atoms with Crippen molar-refractivity contribution in [3.8, 4) is 0 Å². The highest BCUT2D eigenvalue weighted by molar-refractivity contribution is 7.89. The molecule has 8 nitrogen and oxygen atoms in total. The fourth-order valence-electron chi connectivity index (χ4n) is 4.02. The van der Waals surface area contributed by atoms with Crippen LogP contribution >= 0.6 is 0 Å². The summed E-state index contributed by atoms with van der Waals surface area (Å²) in [6, 6.07) is 3.30. The average Bonchev–Trinajstić information content (AvgIpc) is 2.73. The molecule has 2 saturated heterocycles. The molecule has 13 heteroatoms. The predicted molar refractivity (Wildman–Crippen MR) is 111 cm³/mol. The molecule has 1 amide bonds. The Kier molecular flexibility index (Phi) is 7.23. The van der Waals surface area contributed by atoms with Gasteiger partial charge in [-0.05, 0) is 43.9 Å². The maximum Gasteiger partial charge on any atom is 0.416 e. The van der Waals surface area contributed by atoms with Crippen molar-refractivity contribution >= 4 is 26.0 Å². The molecular weight excluding hydrogens is 471 g/mol. The monoisotopic (exact) mass is 497 g/mol. The first-order valence-electron chi connectivity index (χ1n) is 10.2. The number of halogens is 3. The number of amides is 1. The molecular formula is C19H26F3N3O5S2. The Morgan fingerprint density at radius 1 is 1.03 bits per heavy atom. The second kappa shape index (κ2) is 9.27. The summed E-state index contributed by atoms with van der Waals surface area (Å²) >= 11 is 0. The first kappa shape index (κ1) is 24.9. The van der Waals surface area contributed by atoms with E-state index in [0.29, 0.717) is 25.5 Å². The minimum absolute atomic E-state index is 0.0107. The van der Waals surface area contributed by atoms with Gasteiger partial charge in [0.15, 0.2) is 0 Å². The van der Waals surface area contributed by atoms with Gasteiger partial charge in [0.05, 0.1) is 16.7 Å². The topological polar surface area (TPSA) is 104 Å². The zero-order chi connectivity index (χ0) is 23.7. The van der Waals surface area contributed by atoms with Gasteiger partial charge >= 0.3 is 6.18 Å². The number of carbonyl (C=O) groups excluding carboxylic acids is 1. The minimum Gasteiger partial charge on any atom is -0.352 e. The molecule has 2 fully saturated rings. The van der Waals surface area contributed by atoms with Crippen LogP contribution in [0.3, 0.4) is 0 Å². The fraction of sp³-hybridized carbons (Fsp3) is 0.632. The van der Waals surface area contributed by atoms with Crippen molar-refractivity contribution in [1.29, 1.82) is 0 Å². The maximum atomic E-state index is 12.9. The van der Waals surface area contributed by atoms with Crippen molar-refractivity contribution < 1.29 is 34.8 Å². The van der Waals surface area contributed by atoms with E-state index < -0.39 is 42.6 Å². The Bertz CT molecular complexity index is 1050. The van der Waals surface area contributed by atoms with Gasteiger partial charge < -0.3 is 5.32 Å². The fourth-order valence-corrected chi connectivity index (χ4v) is 6.45. The summed E-state index contributed by atoms with van der Waals surface area (Å²) in [6.07, 6.45) is -1.79. The van der Waals surface area contributed by atoms with Gasteiger partial charge in [-0.15, -0.1) is 0 Å². The molecule has 0 aromatic heterocycles. The molecule has 2 aliphatic rings. The van der Waals surface area contributed by atoms with E-state index in [2.05, 4.69) is 5.32 Å². The van der Waals surface area contributed by atoms with Crippen LogP contribution in [0, 0.1) is 5.92 Å². The van der Waals surface area contributed by atoms with E-state index in [0.717, 1.165) is 28.8 Å². The van der Waals surface area contributed by atoms with E-state index in [-0.39, 0.29) is 44.4 Å². The zero-order valence-electron chi connectivity index (χ0n) is 17.5. The van der Waals surface area contributed by atoms with E-state index in [1.54, 1.807) is 0 Å². The quantitative estimate of drug-likeness (QED) is 0.666. The van der Waals surface area contributed by atoms with Crippen LogP contribution in [0.2, 0.25) is 0 Å². The first-order chi connectivity index (χ1) is 14.8. The standard InChI is InChI=1S/C19H26F3N3O5S2/c1-31(27,28)25-9-3-5-16(13-25)23-18(26)14-7-10-24(11-8-14)32(29,30)17-6-2-4-15(12-17)19(20,21)22/h2,4,6,12,14,16H,3,5,7-11,13H2,1H3,(H,23,26). The molecule has 0 radical (unpaired) electrons. The highest BCUT2D eigenvalue weighted by Gasteiger charge is 2.36. The van der Waals surface area contributed by atoms with E-state index in [1.807, 2.05) is 0 Å². The SMILES string of the molecule is CS(=O)(=O)N1CCCC(NC(=O)C2CCN(S(=O)(=O)c3cccc(C(F)(F)F)c3)CC2)C1. The zero-order valence-corrected chi connectivity index (χ0v) is 19.1. The van der Waals surface area contributed by atoms with Crippen LogP contribution < -0.4 is 5.32 Å². The van der Waals surface area contributed by atoms with Crippen LogP contribution in [0.15, 0.2) is 29.2 Å². The number of nitrogens with one attached hydrogen (secondary N) is 1. The van der Waals surface area contributed by atoms with Crippen LogP contribution in [0.5, 0.6) is 0 Å². The molecule has 1 aromatic carbocycles. The average molecular weight is 498 g/mol. The third-order valence-corrected chi connectivity index (χ3v) is 8.99. The van der Waals surface area contributed by atoms with Gasteiger partial charge in [-0.25, -0.2) is 21.1 Å². The summed E-state index contributed by atoms with van der Waals surface area (Å²) in [7, 11) is -7.46. The maximum absolute atomic E-state index is 12.9. The molecule has 180 valence electrons. The summed E-state index contributed by atoms with van der Waals surface area (Å²) < 4.78 is 90.2. The van der Waals surface area contributed by atoms with Crippen LogP contribution in [0.1, 0.15) is 31.2 Å². The Morgan fingerprint density at radius 2 is 1.69 bits per heavy atom. The number of benzene rings is 1. The molecule has 0 aliphatic carbocycles. The molecule has 1 N–H and O–H groups in total. The number of carbonyl (C=O) groups is 1. The van der Waals surface area contributed by atoms with Gasteiger partial charge in [-0.1, -0.05) is 6.07 Å². The van der Waals surface area contributed by atoms with Gasteiger partial charge in [0.25, 0.3) is 0 Å². The normalized spacial score (nSPS) is 22.6. The lowest BCUT2D eigenvalue weighted by atomic mass is 9.96. The van der Waals surface area contributed by atoms with Gasteiger partial charge in [0.2, 0.25) is 26.0 Å². The Labute approximate surface area is 185 Å². The van der Waals surface area contributed by atoms with Gasteiger partial charge in [-0.2, -0.15) is 17.5 Å². The summed E-state index contributed by atoms with van der Waals surface area (Å²) in [5.74, 6) is -0.710. The second-order valence-corrected chi connectivity index (χ2v) is 12.1. The predicted octanol–water partition coefficient (Wildman–Crippen LogP) is 1.65. The molecule has 0 bridgehead atoms. The van der Waals surface area contributed by atoms with Gasteiger partial charge in [0, 0.05) is 38.1 Å². The van der Waals surface area contributed by atoms with Crippen LogP contribution in [0.25, 0.3) is 0 Å². The van der Waals surface area contributed by atoms with Crippen molar-refractivity contribution in [1.82, 2.24) is 13.9 Å². The van der Waals surface area contributed by atoms with Crippen molar-refractivity contribution in [2.24, 2.45) is 5.92 Å². The Morgan fingerprint density at radius 3 is 2.28 bits per heavy atom. The lowest BCUT2D eigenvalue weighted by Crippen LogP contribution is -2.51. The first-order valence-corrected chi connectivity index (χ1v) is 13.5. The molecule has 32 heavy (non-hydrogen) atoms. The number of alkyl halides is 3. The number of nitrogens with zero attached hydrogens (tertiary/aromatic N) is 2. The molecule has 1 unspecified atom stereocenters. The third kappa shape index (κ3) is 5.80. The van der Waals surface area contributed by atoms with Crippen LogP contribution in [-0.2, 0) is 31.0 Å². The smallest absolute Gasteiger partial charge is 0.352 e. The summed E-state index contributed by atoms with van der Waals surface area (Å²) in [6.45, 7) is 0.637. The largest absolute Gasteiger partial charge is 0.416 e. The Hall–Kier alpha value is -1.70. The van der Waals surface area contributed by atoms with Gasteiger partial charge in [0.1, 0.15) is 0 Å². The molecule has 0 spiro atoms. The van der Waals surface area contributed by atoms with E-state index in [4.69, 9.17) is 0 Å². The van der Waals surface area contributed by atoms with E-state index >= 15 is 0 Å². The van der Waals surface area contributed by atoms with Crippen molar-refractivity contribution in [3.63, 3.8) is 0 Å². The second-order valence-electron chi connectivity index (χ2n) is 8.17.